The first-order valence-electron chi connectivity index (χ1n) is 7.22. The van der Waals surface area contributed by atoms with Gasteiger partial charge in [0.05, 0.1) is 5.56 Å². The molecule has 1 unspecified atom stereocenters. The molecular formula is C18H13ClN2OS. The highest BCUT2D eigenvalue weighted by atomic mass is 35.5. The van der Waals surface area contributed by atoms with E-state index in [-0.39, 0.29) is 12.1 Å². The minimum atomic E-state index is -0.241. The number of carbonyl (C=O) groups is 1. The summed E-state index contributed by atoms with van der Waals surface area (Å²) < 4.78 is 0. The van der Waals surface area contributed by atoms with Crippen LogP contribution in [-0.4, -0.2) is 5.91 Å². The summed E-state index contributed by atoms with van der Waals surface area (Å²) in [6.45, 7) is 0. The van der Waals surface area contributed by atoms with Crippen LogP contribution in [0.2, 0.25) is 5.02 Å². The Balaban J connectivity index is 1.70. The molecule has 0 fully saturated rings. The van der Waals surface area contributed by atoms with E-state index in [0.29, 0.717) is 10.6 Å². The van der Waals surface area contributed by atoms with Crippen molar-refractivity contribution in [2.24, 2.45) is 0 Å². The average Bonchev–Trinajstić information content (AvgIpc) is 3.01. The number of amides is 1. The molecule has 2 N–H and O–H groups in total. The maximum absolute atomic E-state index is 12.6. The quantitative estimate of drug-likeness (QED) is 0.695. The van der Waals surface area contributed by atoms with E-state index >= 15 is 0 Å². The maximum Gasteiger partial charge on any atom is 0.256 e. The van der Waals surface area contributed by atoms with Crippen LogP contribution in [0.25, 0.3) is 11.1 Å². The van der Waals surface area contributed by atoms with Crippen molar-refractivity contribution in [2.45, 2.75) is 6.17 Å². The summed E-state index contributed by atoms with van der Waals surface area (Å²) in [6, 6.07) is 17.4. The van der Waals surface area contributed by atoms with Gasteiger partial charge >= 0.3 is 0 Å². The van der Waals surface area contributed by atoms with Crippen LogP contribution in [0.1, 0.15) is 22.1 Å². The van der Waals surface area contributed by atoms with Crippen LogP contribution in [0, 0.1) is 0 Å². The fourth-order valence-corrected chi connectivity index (χ4v) is 3.83. The number of carbonyl (C=O) groups excluding carboxylic acids is 1. The van der Waals surface area contributed by atoms with Crippen LogP contribution in [0.3, 0.4) is 0 Å². The van der Waals surface area contributed by atoms with Gasteiger partial charge in [-0.05, 0) is 23.3 Å². The molecule has 1 amide bonds. The number of benzene rings is 2. The van der Waals surface area contributed by atoms with Crippen molar-refractivity contribution in [1.82, 2.24) is 5.32 Å². The molecule has 3 aromatic rings. The van der Waals surface area contributed by atoms with E-state index in [2.05, 4.69) is 10.6 Å². The molecule has 0 bridgehead atoms. The van der Waals surface area contributed by atoms with Gasteiger partial charge in [-0.2, -0.15) is 0 Å². The Labute approximate surface area is 142 Å². The van der Waals surface area contributed by atoms with Gasteiger partial charge in [0.25, 0.3) is 5.91 Å². The minimum absolute atomic E-state index is 0.0567. The summed E-state index contributed by atoms with van der Waals surface area (Å²) in [6.07, 6.45) is -0.241. The molecular weight excluding hydrogens is 328 g/mol. The molecule has 23 heavy (non-hydrogen) atoms. The van der Waals surface area contributed by atoms with E-state index in [1.165, 1.54) is 0 Å². The molecule has 1 aliphatic heterocycles. The summed E-state index contributed by atoms with van der Waals surface area (Å²) >= 11 is 7.48. The van der Waals surface area contributed by atoms with E-state index in [1.807, 2.05) is 60.0 Å². The standard InChI is InChI=1S/C18H13ClN2OS/c19-13-8-6-12(7-9-13)16-20-17(22)15-14(10-23-18(15)21-16)11-4-2-1-3-5-11/h1-10,16,21H,(H,20,22). The number of rotatable bonds is 2. The summed E-state index contributed by atoms with van der Waals surface area (Å²) in [4.78, 5) is 12.6. The molecule has 4 rings (SSSR count). The number of nitrogens with one attached hydrogen (secondary N) is 2. The molecule has 1 atom stereocenters. The Morgan fingerprint density at radius 2 is 1.70 bits per heavy atom. The zero-order chi connectivity index (χ0) is 15.8. The maximum atomic E-state index is 12.6. The number of hydrogen-bond donors (Lipinski definition) is 2. The highest BCUT2D eigenvalue weighted by molar-refractivity contribution is 7.15. The topological polar surface area (TPSA) is 41.1 Å². The normalized spacial score (nSPS) is 16.4. The lowest BCUT2D eigenvalue weighted by Crippen LogP contribution is -2.37. The number of thiophene rings is 1. The third-order valence-corrected chi connectivity index (χ3v) is 5.02. The Morgan fingerprint density at radius 3 is 2.43 bits per heavy atom. The van der Waals surface area contributed by atoms with Crippen molar-refractivity contribution in [3.63, 3.8) is 0 Å². The predicted octanol–water partition coefficient (Wildman–Crippen LogP) is 4.92. The van der Waals surface area contributed by atoms with Gasteiger partial charge in [-0.25, -0.2) is 0 Å². The zero-order valence-corrected chi connectivity index (χ0v) is 13.6. The van der Waals surface area contributed by atoms with Gasteiger partial charge < -0.3 is 10.6 Å². The van der Waals surface area contributed by atoms with Crippen LogP contribution in [0.5, 0.6) is 0 Å². The van der Waals surface area contributed by atoms with Crippen molar-refractivity contribution in [1.29, 1.82) is 0 Å². The molecule has 0 saturated carbocycles. The fraction of sp³-hybridized carbons (Fsp3) is 0.0556. The van der Waals surface area contributed by atoms with Gasteiger partial charge in [0.1, 0.15) is 11.2 Å². The molecule has 0 saturated heterocycles. The lowest BCUT2D eigenvalue weighted by Gasteiger charge is -2.26. The number of halogens is 1. The third-order valence-electron chi connectivity index (χ3n) is 3.86. The highest BCUT2D eigenvalue weighted by Gasteiger charge is 2.29. The molecule has 3 nitrogen and oxygen atoms in total. The molecule has 114 valence electrons. The molecule has 1 aliphatic rings. The van der Waals surface area contributed by atoms with Gasteiger partial charge in [0, 0.05) is 16.0 Å². The molecule has 0 radical (unpaired) electrons. The monoisotopic (exact) mass is 340 g/mol. The van der Waals surface area contributed by atoms with Gasteiger partial charge in [-0.1, -0.05) is 54.1 Å². The number of anilines is 1. The minimum Gasteiger partial charge on any atom is -0.353 e. The van der Waals surface area contributed by atoms with Crippen molar-refractivity contribution < 1.29 is 4.79 Å². The van der Waals surface area contributed by atoms with E-state index < -0.39 is 0 Å². The summed E-state index contributed by atoms with van der Waals surface area (Å²) in [5.41, 5.74) is 3.70. The molecule has 5 heteroatoms. The smallest absolute Gasteiger partial charge is 0.256 e. The number of hydrogen-bond acceptors (Lipinski definition) is 3. The Bertz CT molecular complexity index is 858. The van der Waals surface area contributed by atoms with E-state index in [9.17, 15) is 4.79 Å². The lowest BCUT2D eigenvalue weighted by molar-refractivity contribution is 0.0937. The Kier molecular flexibility index (Phi) is 3.56. The first-order valence-corrected chi connectivity index (χ1v) is 8.48. The first-order chi connectivity index (χ1) is 11.2. The summed E-state index contributed by atoms with van der Waals surface area (Å²) in [7, 11) is 0. The van der Waals surface area contributed by atoms with Crippen LogP contribution in [0.4, 0.5) is 5.00 Å². The molecule has 0 aliphatic carbocycles. The summed E-state index contributed by atoms with van der Waals surface area (Å²) in [5, 5.41) is 10.0. The van der Waals surface area contributed by atoms with Crippen molar-refractivity contribution in [2.75, 3.05) is 5.32 Å². The van der Waals surface area contributed by atoms with Gasteiger partial charge in [0.2, 0.25) is 0 Å². The molecule has 1 aromatic heterocycles. The SMILES string of the molecule is O=C1NC(c2ccc(Cl)cc2)Nc2scc(-c3ccccc3)c21. The van der Waals surface area contributed by atoms with Crippen LogP contribution in [0.15, 0.2) is 60.0 Å². The Hall–Kier alpha value is -2.30. The predicted molar refractivity (Wildman–Crippen MR) is 95.0 cm³/mol. The first kappa shape index (κ1) is 14.3. The van der Waals surface area contributed by atoms with Crippen LogP contribution >= 0.6 is 22.9 Å². The molecule has 2 aromatic carbocycles. The second kappa shape index (κ2) is 5.72. The Morgan fingerprint density at radius 1 is 0.957 bits per heavy atom. The third kappa shape index (κ3) is 2.60. The largest absolute Gasteiger partial charge is 0.353 e. The van der Waals surface area contributed by atoms with E-state index in [1.54, 1.807) is 11.3 Å². The van der Waals surface area contributed by atoms with E-state index in [4.69, 9.17) is 11.6 Å². The highest BCUT2D eigenvalue weighted by Crippen LogP contribution is 2.39. The molecule has 0 spiro atoms. The van der Waals surface area contributed by atoms with Crippen LogP contribution in [-0.2, 0) is 0 Å². The van der Waals surface area contributed by atoms with Gasteiger partial charge in [-0.15, -0.1) is 11.3 Å². The van der Waals surface area contributed by atoms with Crippen LogP contribution < -0.4 is 10.6 Å². The van der Waals surface area contributed by atoms with E-state index in [0.717, 1.165) is 21.7 Å². The fourth-order valence-electron chi connectivity index (χ4n) is 2.71. The summed E-state index contributed by atoms with van der Waals surface area (Å²) in [5.74, 6) is -0.0567. The second-order valence-corrected chi connectivity index (χ2v) is 6.64. The number of fused-ring (bicyclic) bond motifs is 1. The second-order valence-electron chi connectivity index (χ2n) is 5.32. The molecule has 2 heterocycles. The van der Waals surface area contributed by atoms with Gasteiger partial charge in [0.15, 0.2) is 0 Å². The van der Waals surface area contributed by atoms with Crippen molar-refractivity contribution in [3.05, 3.63) is 76.1 Å². The van der Waals surface area contributed by atoms with Gasteiger partial charge in [-0.3, -0.25) is 4.79 Å². The van der Waals surface area contributed by atoms with Crippen molar-refractivity contribution in [3.8, 4) is 11.1 Å². The lowest BCUT2D eigenvalue weighted by atomic mass is 10.0. The zero-order valence-electron chi connectivity index (χ0n) is 12.0. The van der Waals surface area contributed by atoms with Crippen molar-refractivity contribution >= 4 is 33.8 Å². The average molecular weight is 341 g/mol.